The summed E-state index contributed by atoms with van der Waals surface area (Å²) in [5.41, 5.74) is 4.54. The number of halogens is 2. The lowest BCUT2D eigenvalue weighted by Crippen LogP contribution is -2.31. The predicted molar refractivity (Wildman–Crippen MR) is 155 cm³/mol. The topological polar surface area (TPSA) is 68.6 Å². The number of fused-ring (bicyclic) bond motifs is 1. The van der Waals surface area contributed by atoms with E-state index in [1.807, 2.05) is 36.5 Å². The number of urea groups is 1. The highest BCUT2D eigenvalue weighted by Gasteiger charge is 2.27. The molecule has 0 unspecified atom stereocenters. The Bertz CT molecular complexity index is 1430. The summed E-state index contributed by atoms with van der Waals surface area (Å²) >= 11 is 0. The number of hydrogen-bond donors (Lipinski definition) is 1. The fraction of sp³-hybridized carbons (Fsp3) is 0.355. The van der Waals surface area contributed by atoms with Crippen LogP contribution in [0.4, 0.5) is 25.0 Å². The molecule has 212 valence electrons. The summed E-state index contributed by atoms with van der Waals surface area (Å²) in [6.07, 6.45) is 8.69. The summed E-state index contributed by atoms with van der Waals surface area (Å²) < 4.78 is 40.6. The number of nitrogens with one attached hydrogen (secondary N) is 1. The van der Waals surface area contributed by atoms with Crippen LogP contribution in [0.5, 0.6) is 0 Å². The number of benzene rings is 2. The van der Waals surface area contributed by atoms with Crippen molar-refractivity contribution in [3.63, 3.8) is 0 Å². The first kappa shape index (κ1) is 29.2. The number of nitrogens with zero attached hydrogens (tertiary/aromatic N) is 3. The second-order valence-corrected chi connectivity index (χ2v) is 9.90. The quantitative estimate of drug-likeness (QED) is 0.191. The van der Waals surface area contributed by atoms with Crippen molar-refractivity contribution in [3.8, 4) is 5.69 Å². The van der Waals surface area contributed by atoms with Gasteiger partial charge in [0.15, 0.2) is 0 Å². The number of alkyl halides is 2. The third kappa shape index (κ3) is 7.03. The minimum atomic E-state index is -3.00. The number of hydrogen-bond acceptors (Lipinski definition) is 4. The van der Waals surface area contributed by atoms with Gasteiger partial charge in [-0.2, -0.15) is 0 Å². The molecule has 4 rings (SSSR count). The highest BCUT2D eigenvalue weighted by atomic mass is 19.3. The molecular formula is C31H36F2N4O3. The van der Waals surface area contributed by atoms with E-state index < -0.39 is 12.0 Å². The molecule has 7 nitrogen and oxygen atoms in total. The number of aromatic nitrogens is 2. The van der Waals surface area contributed by atoms with Gasteiger partial charge in [0.05, 0.1) is 24.9 Å². The fourth-order valence-electron chi connectivity index (χ4n) is 4.64. The molecule has 0 saturated carbocycles. The summed E-state index contributed by atoms with van der Waals surface area (Å²) in [5.74, 6) is -3.00. The number of rotatable bonds is 12. The first-order chi connectivity index (χ1) is 19.2. The Balaban J connectivity index is 1.43. The minimum absolute atomic E-state index is 0.0998. The summed E-state index contributed by atoms with van der Waals surface area (Å²) in [6, 6.07) is 13.7. The fourth-order valence-corrected chi connectivity index (χ4v) is 4.64. The van der Waals surface area contributed by atoms with E-state index in [0.717, 1.165) is 42.8 Å². The number of amides is 2. The largest absolute Gasteiger partial charge is 0.382 e. The molecule has 2 amide bonds. The maximum Gasteiger partial charge on any atom is 0.326 e. The van der Waals surface area contributed by atoms with Gasteiger partial charge in [-0.05, 0) is 79.8 Å². The lowest BCUT2D eigenvalue weighted by Gasteiger charge is -2.21. The zero-order chi connectivity index (χ0) is 28.7. The maximum atomic E-state index is 14.0. The molecule has 0 aliphatic carbocycles. The molecule has 4 aromatic rings. The number of carbonyl (C=O) groups is 1. The third-order valence-electron chi connectivity index (χ3n) is 6.89. The Morgan fingerprint density at radius 1 is 1.07 bits per heavy atom. The van der Waals surface area contributed by atoms with Crippen molar-refractivity contribution in [1.82, 2.24) is 9.55 Å². The highest BCUT2D eigenvalue weighted by molar-refractivity contribution is 6.01. The molecule has 2 aromatic carbocycles. The van der Waals surface area contributed by atoms with Gasteiger partial charge in [-0.1, -0.05) is 6.07 Å². The van der Waals surface area contributed by atoms with Crippen molar-refractivity contribution in [1.29, 1.82) is 0 Å². The first-order valence-corrected chi connectivity index (χ1v) is 13.3. The van der Waals surface area contributed by atoms with Crippen LogP contribution in [0.15, 0.2) is 67.1 Å². The highest BCUT2D eigenvalue weighted by Crippen LogP contribution is 2.33. The van der Waals surface area contributed by atoms with E-state index in [0.29, 0.717) is 36.8 Å². The van der Waals surface area contributed by atoms with Gasteiger partial charge in [-0.25, -0.2) is 13.6 Å². The van der Waals surface area contributed by atoms with Crippen LogP contribution in [-0.2, 0) is 21.8 Å². The molecule has 40 heavy (non-hydrogen) atoms. The molecular weight excluding hydrogens is 514 g/mol. The Morgan fingerprint density at radius 3 is 2.58 bits per heavy atom. The SMILES string of the molecule is COCCOCCCCc1cn(-c2ccc(NC(=O)N(C)c3ccc(C)c(C(C)(F)F)c3)cc2)c2cnccc12. The van der Waals surface area contributed by atoms with Gasteiger partial charge in [-0.15, -0.1) is 0 Å². The average molecular weight is 551 g/mol. The van der Waals surface area contributed by atoms with Crippen molar-refractivity contribution >= 4 is 28.3 Å². The summed E-state index contributed by atoms with van der Waals surface area (Å²) in [6.45, 7) is 4.41. The number of ether oxygens (including phenoxy) is 2. The Labute approximate surface area is 233 Å². The van der Waals surface area contributed by atoms with Gasteiger partial charge >= 0.3 is 6.03 Å². The van der Waals surface area contributed by atoms with Crippen LogP contribution in [0, 0.1) is 6.92 Å². The van der Waals surface area contributed by atoms with Crippen LogP contribution in [0.1, 0.15) is 36.5 Å². The van der Waals surface area contributed by atoms with Gasteiger partial charge in [0.2, 0.25) is 0 Å². The molecule has 0 radical (unpaired) electrons. The molecule has 0 spiro atoms. The number of anilines is 2. The van der Waals surface area contributed by atoms with Crippen LogP contribution < -0.4 is 10.2 Å². The Kier molecular flexibility index (Phi) is 9.50. The molecule has 0 atom stereocenters. The van der Waals surface area contributed by atoms with Gasteiger partial charge in [-0.3, -0.25) is 9.88 Å². The molecule has 0 fully saturated rings. The van der Waals surface area contributed by atoms with Crippen molar-refractivity contribution in [2.24, 2.45) is 0 Å². The lowest BCUT2D eigenvalue weighted by atomic mass is 10.0. The Morgan fingerprint density at radius 2 is 1.85 bits per heavy atom. The molecule has 2 aromatic heterocycles. The third-order valence-corrected chi connectivity index (χ3v) is 6.89. The van der Waals surface area contributed by atoms with Crippen LogP contribution in [0.3, 0.4) is 0 Å². The van der Waals surface area contributed by atoms with Gasteiger partial charge in [0, 0.05) is 68.1 Å². The van der Waals surface area contributed by atoms with E-state index in [-0.39, 0.29) is 5.56 Å². The minimum Gasteiger partial charge on any atom is -0.382 e. The second-order valence-electron chi connectivity index (χ2n) is 9.90. The van der Waals surface area contributed by atoms with Crippen LogP contribution >= 0.6 is 0 Å². The van der Waals surface area contributed by atoms with Gasteiger partial charge < -0.3 is 19.4 Å². The molecule has 2 heterocycles. The van der Waals surface area contributed by atoms with Crippen molar-refractivity contribution in [3.05, 3.63) is 83.8 Å². The van der Waals surface area contributed by atoms with Crippen molar-refractivity contribution < 1.29 is 23.0 Å². The molecule has 9 heteroatoms. The normalized spacial score (nSPS) is 11.7. The standard InChI is InChI=1S/C31H36F2N4O3/c1-22-8-11-26(19-28(22)31(2,32)33)36(3)30(38)35-24-9-12-25(13-10-24)37-21-23(27-14-15-34-20-29(27)37)7-5-6-16-40-18-17-39-4/h8-15,19-21H,5-7,16-18H2,1-4H3,(H,35,38). The first-order valence-electron chi connectivity index (χ1n) is 13.3. The van der Waals surface area contributed by atoms with Gasteiger partial charge in [0.25, 0.3) is 5.92 Å². The van der Waals surface area contributed by atoms with E-state index in [4.69, 9.17) is 9.47 Å². The lowest BCUT2D eigenvalue weighted by molar-refractivity contribution is 0.0168. The monoisotopic (exact) mass is 550 g/mol. The number of pyridine rings is 1. The smallest absolute Gasteiger partial charge is 0.326 e. The van der Waals surface area contributed by atoms with Crippen LogP contribution in [0.2, 0.25) is 0 Å². The van der Waals surface area contributed by atoms with Crippen LogP contribution in [-0.4, -0.2) is 49.6 Å². The molecule has 1 N–H and O–H groups in total. The average Bonchev–Trinajstić information content (AvgIpc) is 3.31. The summed E-state index contributed by atoms with van der Waals surface area (Å²) in [7, 11) is 3.22. The van der Waals surface area contributed by atoms with E-state index in [1.54, 1.807) is 39.4 Å². The number of aryl methyl sites for hydroxylation is 2. The van der Waals surface area contributed by atoms with Crippen molar-refractivity contribution in [2.75, 3.05) is 44.2 Å². The van der Waals surface area contributed by atoms with Crippen LogP contribution in [0.25, 0.3) is 16.6 Å². The summed E-state index contributed by atoms with van der Waals surface area (Å²) in [5, 5.41) is 4.00. The molecule has 0 saturated heterocycles. The van der Waals surface area contributed by atoms with E-state index in [2.05, 4.69) is 21.1 Å². The van der Waals surface area contributed by atoms with E-state index in [9.17, 15) is 13.6 Å². The maximum absolute atomic E-state index is 14.0. The zero-order valence-electron chi connectivity index (χ0n) is 23.4. The van der Waals surface area contributed by atoms with Crippen molar-refractivity contribution in [2.45, 2.75) is 39.0 Å². The van der Waals surface area contributed by atoms with E-state index in [1.165, 1.54) is 16.5 Å². The van der Waals surface area contributed by atoms with E-state index >= 15 is 0 Å². The number of carbonyl (C=O) groups excluding carboxylic acids is 1. The predicted octanol–water partition coefficient (Wildman–Crippen LogP) is 7.10. The Hall–Kier alpha value is -3.82. The molecule has 0 aliphatic heterocycles. The number of unbranched alkanes of at least 4 members (excludes halogenated alkanes) is 1. The molecule has 0 bridgehead atoms. The zero-order valence-corrected chi connectivity index (χ0v) is 23.4. The van der Waals surface area contributed by atoms with Gasteiger partial charge in [0.1, 0.15) is 0 Å². The second kappa shape index (κ2) is 13.0. The molecule has 0 aliphatic rings. The summed E-state index contributed by atoms with van der Waals surface area (Å²) in [4.78, 5) is 18.5. The number of methoxy groups -OCH3 is 1.